The molecule has 1 aliphatic rings. The van der Waals surface area contributed by atoms with Gasteiger partial charge in [0.25, 0.3) is 0 Å². The molecule has 0 aliphatic heterocycles. The first-order valence-electron chi connectivity index (χ1n) is 6.75. The first-order valence-corrected chi connectivity index (χ1v) is 7.89. The van der Waals surface area contributed by atoms with Crippen LogP contribution in [-0.4, -0.2) is 5.78 Å². The van der Waals surface area contributed by atoms with Crippen molar-refractivity contribution in [1.82, 2.24) is 0 Å². The lowest BCUT2D eigenvalue weighted by molar-refractivity contribution is 0.0970. The van der Waals surface area contributed by atoms with Gasteiger partial charge in [-0.1, -0.05) is 66.9 Å². The molecule has 1 fully saturated rings. The predicted molar refractivity (Wildman–Crippen MR) is 81.6 cm³/mol. The van der Waals surface area contributed by atoms with Crippen molar-refractivity contribution in [3.63, 3.8) is 0 Å². The SMILES string of the molecule is O=C(CCC1CCCCC1)c1c(Cl)cc(Cl)cc1Cl. The molecule has 0 heterocycles. The van der Waals surface area contributed by atoms with Crippen molar-refractivity contribution in [3.05, 3.63) is 32.8 Å². The molecule has 0 spiro atoms. The van der Waals surface area contributed by atoms with Crippen LogP contribution in [0.25, 0.3) is 0 Å². The Kier molecular flexibility index (Phi) is 5.56. The van der Waals surface area contributed by atoms with E-state index < -0.39 is 0 Å². The minimum absolute atomic E-state index is 0.0252. The molecular weight excluding hydrogens is 303 g/mol. The lowest BCUT2D eigenvalue weighted by atomic mass is 9.85. The summed E-state index contributed by atoms with van der Waals surface area (Å²) in [5, 5.41) is 1.16. The lowest BCUT2D eigenvalue weighted by Crippen LogP contribution is -2.09. The minimum Gasteiger partial charge on any atom is -0.294 e. The topological polar surface area (TPSA) is 17.1 Å². The van der Waals surface area contributed by atoms with E-state index in [1.807, 2.05) is 0 Å². The van der Waals surface area contributed by atoms with Gasteiger partial charge in [-0.25, -0.2) is 0 Å². The normalized spacial score (nSPS) is 16.6. The molecule has 0 atom stereocenters. The fraction of sp³-hybridized carbons (Fsp3) is 0.533. The summed E-state index contributed by atoms with van der Waals surface area (Å²) in [6.07, 6.45) is 7.87. The Morgan fingerprint density at radius 2 is 1.63 bits per heavy atom. The average Bonchev–Trinajstić information content (AvgIpc) is 2.36. The van der Waals surface area contributed by atoms with Gasteiger partial charge in [-0.15, -0.1) is 0 Å². The fourth-order valence-electron chi connectivity index (χ4n) is 2.74. The van der Waals surface area contributed by atoms with Gasteiger partial charge in [-0.2, -0.15) is 0 Å². The van der Waals surface area contributed by atoms with Crippen molar-refractivity contribution in [2.45, 2.75) is 44.9 Å². The fourth-order valence-corrected chi connectivity index (χ4v) is 3.77. The molecule has 19 heavy (non-hydrogen) atoms. The van der Waals surface area contributed by atoms with Crippen LogP contribution in [-0.2, 0) is 0 Å². The molecule has 0 amide bonds. The summed E-state index contributed by atoms with van der Waals surface area (Å²) in [5.74, 6) is 0.708. The Bertz CT molecular complexity index is 441. The maximum Gasteiger partial charge on any atom is 0.165 e. The van der Waals surface area contributed by atoms with E-state index >= 15 is 0 Å². The van der Waals surface area contributed by atoms with Gasteiger partial charge in [0.2, 0.25) is 0 Å². The zero-order valence-corrected chi connectivity index (χ0v) is 13.0. The number of ketones is 1. The van der Waals surface area contributed by atoms with Gasteiger partial charge in [0.05, 0.1) is 15.6 Å². The average molecular weight is 320 g/mol. The first-order chi connectivity index (χ1) is 9.08. The largest absolute Gasteiger partial charge is 0.294 e. The summed E-state index contributed by atoms with van der Waals surface area (Å²) in [7, 11) is 0. The number of Topliss-reactive ketones (excluding diaryl/α,β-unsaturated/α-hetero) is 1. The number of carbonyl (C=O) groups is 1. The van der Waals surface area contributed by atoms with Crippen molar-refractivity contribution in [1.29, 1.82) is 0 Å². The lowest BCUT2D eigenvalue weighted by Gasteiger charge is -2.21. The van der Waals surface area contributed by atoms with Crippen LogP contribution in [0.15, 0.2) is 12.1 Å². The highest BCUT2D eigenvalue weighted by atomic mass is 35.5. The molecule has 0 radical (unpaired) electrons. The minimum atomic E-state index is 0.0252. The maximum absolute atomic E-state index is 12.2. The van der Waals surface area contributed by atoms with Gasteiger partial charge in [0.15, 0.2) is 5.78 Å². The molecule has 2 rings (SSSR count). The molecule has 1 aromatic rings. The predicted octanol–water partition coefficient (Wildman–Crippen LogP) is 6.19. The third-order valence-electron chi connectivity index (χ3n) is 3.79. The van der Waals surface area contributed by atoms with Crippen molar-refractivity contribution >= 4 is 40.6 Å². The molecule has 0 unspecified atom stereocenters. The molecule has 0 bridgehead atoms. The van der Waals surface area contributed by atoms with Crippen LogP contribution in [0.3, 0.4) is 0 Å². The quantitative estimate of drug-likeness (QED) is 0.605. The van der Waals surface area contributed by atoms with E-state index in [1.54, 1.807) is 12.1 Å². The van der Waals surface area contributed by atoms with Gasteiger partial charge in [-0.3, -0.25) is 4.79 Å². The maximum atomic E-state index is 12.2. The van der Waals surface area contributed by atoms with E-state index in [0.29, 0.717) is 33.0 Å². The van der Waals surface area contributed by atoms with E-state index in [0.717, 1.165) is 6.42 Å². The van der Waals surface area contributed by atoms with Gasteiger partial charge in [-0.05, 0) is 24.5 Å². The summed E-state index contributed by atoms with van der Waals surface area (Å²) in [4.78, 5) is 12.2. The van der Waals surface area contributed by atoms with Crippen LogP contribution in [0, 0.1) is 5.92 Å². The van der Waals surface area contributed by atoms with E-state index in [4.69, 9.17) is 34.8 Å². The number of carbonyl (C=O) groups excluding carboxylic acids is 1. The zero-order chi connectivity index (χ0) is 13.8. The zero-order valence-electron chi connectivity index (χ0n) is 10.7. The second-order valence-electron chi connectivity index (χ2n) is 5.21. The van der Waals surface area contributed by atoms with Crippen LogP contribution in [0.2, 0.25) is 15.1 Å². The molecule has 1 aliphatic carbocycles. The second kappa shape index (κ2) is 6.97. The van der Waals surface area contributed by atoms with Crippen molar-refractivity contribution < 1.29 is 4.79 Å². The summed E-state index contributed by atoms with van der Waals surface area (Å²) in [6.45, 7) is 0. The first kappa shape index (κ1) is 15.2. The van der Waals surface area contributed by atoms with Gasteiger partial charge < -0.3 is 0 Å². The molecule has 0 N–H and O–H groups in total. The molecule has 0 aromatic heterocycles. The third kappa shape index (κ3) is 4.11. The summed E-state index contributed by atoms with van der Waals surface area (Å²) in [6, 6.07) is 3.14. The summed E-state index contributed by atoms with van der Waals surface area (Å²) < 4.78 is 0. The number of halogens is 3. The number of hydrogen-bond donors (Lipinski definition) is 0. The molecule has 4 heteroatoms. The Morgan fingerprint density at radius 3 is 2.21 bits per heavy atom. The van der Waals surface area contributed by atoms with Crippen LogP contribution >= 0.6 is 34.8 Å². The molecule has 1 nitrogen and oxygen atoms in total. The van der Waals surface area contributed by atoms with Crippen LogP contribution in [0.5, 0.6) is 0 Å². The standard InChI is InChI=1S/C15H17Cl3O/c16-11-8-12(17)15(13(18)9-11)14(19)7-6-10-4-2-1-3-5-10/h8-10H,1-7H2. The molecule has 0 saturated heterocycles. The Morgan fingerprint density at radius 1 is 1.05 bits per heavy atom. The summed E-state index contributed by atoms with van der Waals surface area (Å²) >= 11 is 18.0. The van der Waals surface area contributed by atoms with E-state index in [-0.39, 0.29) is 5.78 Å². The Labute approximate surface area is 129 Å². The van der Waals surface area contributed by atoms with Crippen molar-refractivity contribution in [2.75, 3.05) is 0 Å². The number of rotatable bonds is 4. The Balaban J connectivity index is 1.99. The molecule has 1 aromatic carbocycles. The highest BCUT2D eigenvalue weighted by Gasteiger charge is 2.19. The highest BCUT2D eigenvalue weighted by Crippen LogP contribution is 2.32. The van der Waals surface area contributed by atoms with Gasteiger partial charge in [0, 0.05) is 11.4 Å². The number of hydrogen-bond acceptors (Lipinski definition) is 1. The monoisotopic (exact) mass is 318 g/mol. The van der Waals surface area contributed by atoms with Crippen LogP contribution < -0.4 is 0 Å². The van der Waals surface area contributed by atoms with Crippen molar-refractivity contribution in [3.8, 4) is 0 Å². The van der Waals surface area contributed by atoms with Crippen LogP contribution in [0.4, 0.5) is 0 Å². The molecule has 1 saturated carbocycles. The van der Waals surface area contributed by atoms with E-state index in [9.17, 15) is 4.79 Å². The third-order valence-corrected chi connectivity index (χ3v) is 4.60. The smallest absolute Gasteiger partial charge is 0.165 e. The van der Waals surface area contributed by atoms with Crippen molar-refractivity contribution in [2.24, 2.45) is 5.92 Å². The van der Waals surface area contributed by atoms with E-state index in [2.05, 4.69) is 0 Å². The highest BCUT2D eigenvalue weighted by molar-refractivity contribution is 6.42. The second-order valence-corrected chi connectivity index (χ2v) is 6.46. The molecule has 104 valence electrons. The molecular formula is C15H17Cl3O. The Hall–Kier alpha value is -0.240. The van der Waals surface area contributed by atoms with Gasteiger partial charge in [0.1, 0.15) is 0 Å². The van der Waals surface area contributed by atoms with E-state index in [1.165, 1.54) is 32.1 Å². The number of benzene rings is 1. The van der Waals surface area contributed by atoms with Crippen LogP contribution in [0.1, 0.15) is 55.3 Å². The summed E-state index contributed by atoms with van der Waals surface area (Å²) in [5.41, 5.74) is 0.420. The van der Waals surface area contributed by atoms with Gasteiger partial charge >= 0.3 is 0 Å².